The molecule has 1 fully saturated rings. The summed E-state index contributed by atoms with van der Waals surface area (Å²) in [7, 11) is 3.67. The van der Waals surface area contributed by atoms with Crippen LogP contribution in [-0.2, 0) is 9.47 Å². The van der Waals surface area contributed by atoms with Gasteiger partial charge in [-0.25, -0.2) is 0 Å². The van der Waals surface area contributed by atoms with E-state index in [1.165, 1.54) is 0 Å². The molecule has 1 rings (SSSR count). The lowest BCUT2D eigenvalue weighted by Crippen LogP contribution is -2.41. The van der Waals surface area contributed by atoms with Gasteiger partial charge in [-0.1, -0.05) is 0 Å². The molecule has 1 aliphatic rings. The van der Waals surface area contributed by atoms with Gasteiger partial charge in [0.2, 0.25) is 0 Å². The number of hydrogen-bond donors (Lipinski definition) is 1. The average Bonchev–Trinajstić information content (AvgIpc) is 2.03. The van der Waals surface area contributed by atoms with E-state index in [0.29, 0.717) is 12.1 Å². The van der Waals surface area contributed by atoms with Crippen LogP contribution in [0.5, 0.6) is 0 Å². The molecule has 3 heteroatoms. The Balaban J connectivity index is 2.37. The fourth-order valence-corrected chi connectivity index (χ4v) is 1.49. The highest BCUT2D eigenvalue weighted by molar-refractivity contribution is 4.75. The van der Waals surface area contributed by atoms with Crippen molar-refractivity contribution in [2.45, 2.75) is 38.2 Å². The molecule has 1 saturated heterocycles. The molecule has 3 nitrogen and oxygen atoms in total. The van der Waals surface area contributed by atoms with Crippen LogP contribution in [0.15, 0.2) is 0 Å². The SMILES string of the molecule is CN[C@@H]1C[C@H](OC)O[C@H](C)C1. The third kappa shape index (κ3) is 2.43. The van der Waals surface area contributed by atoms with Gasteiger partial charge in [-0.05, 0) is 20.4 Å². The van der Waals surface area contributed by atoms with Crippen molar-refractivity contribution >= 4 is 0 Å². The molecular weight excluding hydrogens is 142 g/mol. The van der Waals surface area contributed by atoms with E-state index in [1.807, 2.05) is 7.05 Å². The zero-order valence-electron chi connectivity index (χ0n) is 7.46. The summed E-state index contributed by atoms with van der Waals surface area (Å²) in [6.07, 6.45) is 2.33. The average molecular weight is 159 g/mol. The maximum atomic E-state index is 5.51. The first-order valence-corrected chi connectivity index (χ1v) is 4.11. The van der Waals surface area contributed by atoms with Gasteiger partial charge in [-0.3, -0.25) is 0 Å². The van der Waals surface area contributed by atoms with E-state index in [-0.39, 0.29) is 6.29 Å². The molecule has 0 saturated carbocycles. The van der Waals surface area contributed by atoms with E-state index in [4.69, 9.17) is 9.47 Å². The predicted molar refractivity (Wildman–Crippen MR) is 43.4 cm³/mol. The van der Waals surface area contributed by atoms with Crippen LogP contribution < -0.4 is 5.32 Å². The van der Waals surface area contributed by atoms with Crippen molar-refractivity contribution in [3.63, 3.8) is 0 Å². The molecule has 0 aromatic rings. The van der Waals surface area contributed by atoms with Crippen LogP contribution in [0.3, 0.4) is 0 Å². The molecule has 3 atom stereocenters. The van der Waals surface area contributed by atoms with Gasteiger partial charge in [-0.2, -0.15) is 0 Å². The van der Waals surface area contributed by atoms with Gasteiger partial charge in [0, 0.05) is 19.6 Å². The first-order valence-electron chi connectivity index (χ1n) is 4.11. The number of methoxy groups -OCH3 is 1. The number of ether oxygens (including phenoxy) is 2. The Kier molecular flexibility index (Phi) is 3.30. The summed E-state index contributed by atoms with van der Waals surface area (Å²) in [6, 6.07) is 0.545. The minimum Gasteiger partial charge on any atom is -0.356 e. The minimum absolute atomic E-state index is 0.0174. The van der Waals surface area contributed by atoms with Gasteiger partial charge < -0.3 is 14.8 Å². The van der Waals surface area contributed by atoms with E-state index in [2.05, 4.69) is 12.2 Å². The Morgan fingerprint density at radius 3 is 2.73 bits per heavy atom. The fourth-order valence-electron chi connectivity index (χ4n) is 1.49. The Hall–Kier alpha value is -0.120. The first kappa shape index (κ1) is 8.97. The van der Waals surface area contributed by atoms with Crippen LogP contribution in [0, 0.1) is 0 Å². The summed E-state index contributed by atoms with van der Waals surface area (Å²) in [5, 5.41) is 3.24. The monoisotopic (exact) mass is 159 g/mol. The topological polar surface area (TPSA) is 30.5 Å². The molecule has 0 bridgehead atoms. The molecular formula is C8H17NO2. The van der Waals surface area contributed by atoms with Crippen molar-refractivity contribution < 1.29 is 9.47 Å². The van der Waals surface area contributed by atoms with E-state index in [1.54, 1.807) is 7.11 Å². The Bertz CT molecular complexity index is 107. The Morgan fingerprint density at radius 2 is 2.18 bits per heavy atom. The van der Waals surface area contributed by atoms with Crippen molar-refractivity contribution in [3.05, 3.63) is 0 Å². The maximum Gasteiger partial charge on any atom is 0.159 e. The van der Waals surface area contributed by atoms with Crippen LogP contribution in [-0.4, -0.2) is 32.6 Å². The molecule has 0 radical (unpaired) electrons. The summed E-state index contributed by atoms with van der Waals surface area (Å²) < 4.78 is 10.6. The molecule has 0 aliphatic carbocycles. The van der Waals surface area contributed by atoms with Gasteiger partial charge >= 0.3 is 0 Å². The quantitative estimate of drug-likeness (QED) is 0.645. The third-order valence-corrected chi connectivity index (χ3v) is 2.15. The second kappa shape index (κ2) is 4.04. The second-order valence-corrected chi connectivity index (χ2v) is 3.07. The van der Waals surface area contributed by atoms with Gasteiger partial charge in [0.1, 0.15) is 0 Å². The van der Waals surface area contributed by atoms with Crippen molar-refractivity contribution in [2.24, 2.45) is 0 Å². The van der Waals surface area contributed by atoms with Crippen LogP contribution in [0.25, 0.3) is 0 Å². The van der Waals surface area contributed by atoms with Gasteiger partial charge in [0.25, 0.3) is 0 Å². The lowest BCUT2D eigenvalue weighted by molar-refractivity contribution is -0.180. The fraction of sp³-hybridized carbons (Fsp3) is 1.00. The largest absolute Gasteiger partial charge is 0.356 e. The molecule has 1 N–H and O–H groups in total. The summed E-state index contributed by atoms with van der Waals surface area (Å²) in [5.74, 6) is 0. The molecule has 1 heterocycles. The number of hydrogen-bond acceptors (Lipinski definition) is 3. The van der Waals surface area contributed by atoms with E-state index in [0.717, 1.165) is 12.8 Å². The smallest absolute Gasteiger partial charge is 0.159 e. The Labute approximate surface area is 68.1 Å². The molecule has 0 spiro atoms. The molecule has 0 amide bonds. The molecule has 0 aromatic heterocycles. The zero-order chi connectivity index (χ0) is 8.27. The van der Waals surface area contributed by atoms with Crippen LogP contribution >= 0.6 is 0 Å². The van der Waals surface area contributed by atoms with Crippen molar-refractivity contribution in [1.29, 1.82) is 0 Å². The lowest BCUT2D eigenvalue weighted by atomic mass is 10.0. The normalized spacial score (nSPS) is 39.0. The third-order valence-electron chi connectivity index (χ3n) is 2.15. The summed E-state index contributed by atoms with van der Waals surface area (Å²) in [5.41, 5.74) is 0. The van der Waals surface area contributed by atoms with Crippen LogP contribution in [0.1, 0.15) is 19.8 Å². The predicted octanol–water partition coefficient (Wildman–Crippen LogP) is 0.746. The summed E-state index contributed by atoms with van der Waals surface area (Å²) in [6.45, 7) is 2.08. The van der Waals surface area contributed by atoms with Gasteiger partial charge in [0.15, 0.2) is 6.29 Å². The summed E-state index contributed by atoms with van der Waals surface area (Å²) >= 11 is 0. The van der Waals surface area contributed by atoms with Gasteiger partial charge in [0.05, 0.1) is 6.10 Å². The van der Waals surface area contributed by atoms with E-state index >= 15 is 0 Å². The Morgan fingerprint density at radius 1 is 1.45 bits per heavy atom. The number of nitrogens with one attached hydrogen (secondary N) is 1. The molecule has 0 aromatic carbocycles. The minimum atomic E-state index is -0.0174. The summed E-state index contributed by atoms with van der Waals surface area (Å²) in [4.78, 5) is 0. The van der Waals surface area contributed by atoms with Crippen molar-refractivity contribution in [2.75, 3.05) is 14.2 Å². The van der Waals surface area contributed by atoms with E-state index in [9.17, 15) is 0 Å². The van der Waals surface area contributed by atoms with Crippen molar-refractivity contribution in [3.8, 4) is 0 Å². The molecule has 1 aliphatic heterocycles. The lowest BCUT2D eigenvalue weighted by Gasteiger charge is -2.32. The molecule has 11 heavy (non-hydrogen) atoms. The van der Waals surface area contributed by atoms with Crippen LogP contribution in [0.2, 0.25) is 0 Å². The zero-order valence-corrected chi connectivity index (χ0v) is 7.46. The van der Waals surface area contributed by atoms with Crippen molar-refractivity contribution in [1.82, 2.24) is 5.32 Å². The maximum absolute atomic E-state index is 5.51. The highest BCUT2D eigenvalue weighted by Crippen LogP contribution is 2.19. The number of rotatable bonds is 2. The highest BCUT2D eigenvalue weighted by atomic mass is 16.7. The molecule has 0 unspecified atom stereocenters. The standard InChI is InChI=1S/C8H17NO2/c1-6-4-7(9-2)5-8(10-3)11-6/h6-9H,4-5H2,1-3H3/t6-,7+,8-/m1/s1. The van der Waals surface area contributed by atoms with Gasteiger partial charge in [-0.15, -0.1) is 0 Å². The van der Waals surface area contributed by atoms with E-state index < -0.39 is 0 Å². The van der Waals surface area contributed by atoms with Crippen LogP contribution in [0.4, 0.5) is 0 Å². The second-order valence-electron chi connectivity index (χ2n) is 3.07. The first-order chi connectivity index (χ1) is 5.26. The molecule has 66 valence electrons. The highest BCUT2D eigenvalue weighted by Gasteiger charge is 2.25.